The summed E-state index contributed by atoms with van der Waals surface area (Å²) in [6, 6.07) is 10.3. The Kier molecular flexibility index (Phi) is 3.45. The van der Waals surface area contributed by atoms with Gasteiger partial charge in [-0.05, 0) is 41.2 Å². The summed E-state index contributed by atoms with van der Waals surface area (Å²) in [5.74, 6) is -0.175. The van der Waals surface area contributed by atoms with Crippen LogP contribution in [0.4, 0.5) is 5.95 Å². The number of fused-ring (bicyclic) bond motifs is 1. The van der Waals surface area contributed by atoms with Gasteiger partial charge >= 0.3 is 0 Å². The SMILES string of the molecule is Nc1nc2ccc(S(=O)(=O)c3ccc(Br)cc3)cc2[n+]([O-])n1. The Morgan fingerprint density at radius 2 is 1.73 bits per heavy atom. The molecule has 3 aromatic rings. The van der Waals surface area contributed by atoms with E-state index in [1.54, 1.807) is 12.1 Å². The standard InChI is InChI=1S/C13H9BrN4O3S/c14-8-1-3-9(4-2-8)22(20,21)10-5-6-11-12(7-10)18(19)17-13(15)16-11/h1-7H,(H2,15,16,17). The summed E-state index contributed by atoms with van der Waals surface area (Å²) >= 11 is 3.25. The summed E-state index contributed by atoms with van der Waals surface area (Å²) < 4.78 is 25.9. The van der Waals surface area contributed by atoms with Gasteiger partial charge in [-0.25, -0.2) is 13.4 Å². The van der Waals surface area contributed by atoms with Gasteiger partial charge in [0.25, 0.3) is 11.5 Å². The Hall–Kier alpha value is -2.26. The van der Waals surface area contributed by atoms with E-state index in [1.165, 1.54) is 30.3 Å². The molecular weight excluding hydrogens is 372 g/mol. The molecule has 0 aliphatic carbocycles. The first kappa shape index (κ1) is 14.7. The van der Waals surface area contributed by atoms with Crippen LogP contribution in [0.2, 0.25) is 0 Å². The maximum absolute atomic E-state index is 12.6. The van der Waals surface area contributed by atoms with E-state index in [4.69, 9.17) is 5.73 Å². The van der Waals surface area contributed by atoms with Crippen molar-refractivity contribution >= 4 is 42.7 Å². The normalized spacial score (nSPS) is 11.7. The topological polar surface area (TPSA) is 113 Å². The lowest BCUT2D eigenvalue weighted by Crippen LogP contribution is -2.33. The van der Waals surface area contributed by atoms with Crippen molar-refractivity contribution in [2.75, 3.05) is 5.73 Å². The highest BCUT2D eigenvalue weighted by atomic mass is 79.9. The summed E-state index contributed by atoms with van der Waals surface area (Å²) in [7, 11) is -3.73. The highest BCUT2D eigenvalue weighted by Gasteiger charge is 2.20. The average molecular weight is 381 g/mol. The molecule has 2 aromatic carbocycles. The van der Waals surface area contributed by atoms with Crippen LogP contribution in [0.3, 0.4) is 0 Å². The predicted octanol–water partition coefficient (Wildman–Crippen LogP) is 1.44. The Morgan fingerprint density at radius 1 is 1.09 bits per heavy atom. The Bertz CT molecular complexity index is 974. The molecule has 0 radical (unpaired) electrons. The van der Waals surface area contributed by atoms with E-state index in [1.807, 2.05) is 0 Å². The van der Waals surface area contributed by atoms with Gasteiger partial charge in [-0.1, -0.05) is 15.9 Å². The molecule has 1 aromatic heterocycles. The van der Waals surface area contributed by atoms with E-state index >= 15 is 0 Å². The monoisotopic (exact) mass is 380 g/mol. The van der Waals surface area contributed by atoms with E-state index < -0.39 is 9.84 Å². The molecule has 0 spiro atoms. The van der Waals surface area contributed by atoms with Crippen LogP contribution in [-0.2, 0) is 9.84 Å². The van der Waals surface area contributed by atoms with Crippen LogP contribution in [-0.4, -0.2) is 18.5 Å². The van der Waals surface area contributed by atoms with Crippen molar-refractivity contribution in [3.8, 4) is 0 Å². The largest absolute Gasteiger partial charge is 0.594 e. The number of hydrogen-bond acceptors (Lipinski definition) is 6. The van der Waals surface area contributed by atoms with Gasteiger partial charge in [0.2, 0.25) is 9.84 Å². The first-order valence-corrected chi connectivity index (χ1v) is 8.33. The lowest BCUT2D eigenvalue weighted by molar-refractivity contribution is -0.641. The van der Waals surface area contributed by atoms with Crippen molar-refractivity contribution < 1.29 is 13.3 Å². The van der Waals surface area contributed by atoms with Crippen LogP contribution in [0.25, 0.3) is 11.0 Å². The highest BCUT2D eigenvalue weighted by Crippen LogP contribution is 2.24. The number of nitrogens with zero attached hydrogens (tertiary/aromatic N) is 3. The second-order valence-corrected chi connectivity index (χ2v) is 7.32. The number of nitrogens with two attached hydrogens (primary N) is 1. The van der Waals surface area contributed by atoms with Gasteiger partial charge in [-0.15, -0.1) is 0 Å². The molecule has 0 aliphatic heterocycles. The van der Waals surface area contributed by atoms with E-state index in [0.29, 0.717) is 0 Å². The molecule has 112 valence electrons. The smallest absolute Gasteiger partial charge is 0.288 e. The summed E-state index contributed by atoms with van der Waals surface area (Å²) in [4.78, 5) is 4.27. The maximum Gasteiger partial charge on any atom is 0.288 e. The van der Waals surface area contributed by atoms with Crippen LogP contribution in [0.15, 0.2) is 56.7 Å². The molecule has 0 atom stereocenters. The first-order chi connectivity index (χ1) is 10.4. The average Bonchev–Trinajstić information content (AvgIpc) is 2.47. The van der Waals surface area contributed by atoms with Crippen LogP contribution in [0, 0.1) is 5.21 Å². The molecule has 1 heterocycles. The number of halogens is 1. The third kappa shape index (κ3) is 2.48. The molecule has 2 N–H and O–H groups in total. The van der Waals surface area contributed by atoms with E-state index in [-0.39, 0.29) is 31.6 Å². The van der Waals surface area contributed by atoms with Gasteiger partial charge in [0.1, 0.15) is 5.52 Å². The fraction of sp³-hybridized carbons (Fsp3) is 0. The molecule has 9 heteroatoms. The quantitative estimate of drug-likeness (QED) is 0.531. The van der Waals surface area contributed by atoms with E-state index in [9.17, 15) is 13.6 Å². The third-order valence-corrected chi connectivity index (χ3v) is 5.31. The van der Waals surface area contributed by atoms with Crippen molar-refractivity contribution in [1.82, 2.24) is 10.1 Å². The van der Waals surface area contributed by atoms with E-state index in [0.717, 1.165) is 4.47 Å². The van der Waals surface area contributed by atoms with Crippen molar-refractivity contribution in [3.63, 3.8) is 0 Å². The molecular formula is C13H9BrN4O3S. The second-order valence-electron chi connectivity index (χ2n) is 4.45. The predicted molar refractivity (Wildman–Crippen MR) is 82.5 cm³/mol. The van der Waals surface area contributed by atoms with Crippen LogP contribution in [0.1, 0.15) is 0 Å². The van der Waals surface area contributed by atoms with Gasteiger partial charge < -0.3 is 10.9 Å². The molecule has 22 heavy (non-hydrogen) atoms. The summed E-state index contributed by atoms with van der Waals surface area (Å²) in [5, 5.41) is 15.2. The van der Waals surface area contributed by atoms with Crippen molar-refractivity contribution in [2.45, 2.75) is 9.79 Å². The van der Waals surface area contributed by atoms with Crippen molar-refractivity contribution in [1.29, 1.82) is 0 Å². The summed E-state index contributed by atoms with van der Waals surface area (Å²) in [6.07, 6.45) is 0. The summed E-state index contributed by atoms with van der Waals surface area (Å²) in [5.41, 5.74) is 5.70. The number of anilines is 1. The number of hydrogen-bond donors (Lipinski definition) is 1. The molecule has 0 saturated carbocycles. The van der Waals surface area contributed by atoms with Crippen molar-refractivity contribution in [2.24, 2.45) is 0 Å². The van der Waals surface area contributed by atoms with E-state index in [2.05, 4.69) is 26.0 Å². The highest BCUT2D eigenvalue weighted by molar-refractivity contribution is 9.10. The fourth-order valence-corrected chi connectivity index (χ4v) is 3.51. The lowest BCUT2D eigenvalue weighted by atomic mass is 10.3. The molecule has 0 saturated heterocycles. The fourth-order valence-electron chi connectivity index (χ4n) is 1.96. The molecule has 7 nitrogen and oxygen atoms in total. The molecule has 0 amide bonds. The number of nitrogen functional groups attached to an aromatic ring is 1. The molecule has 3 rings (SSSR count). The number of benzene rings is 2. The van der Waals surface area contributed by atoms with Crippen LogP contribution in [0.5, 0.6) is 0 Å². The molecule has 0 fully saturated rings. The lowest BCUT2D eigenvalue weighted by Gasteiger charge is -2.06. The minimum atomic E-state index is -3.73. The zero-order chi connectivity index (χ0) is 15.9. The van der Waals surface area contributed by atoms with Gasteiger partial charge in [0.15, 0.2) is 0 Å². The Labute approximate surface area is 134 Å². The zero-order valence-corrected chi connectivity index (χ0v) is 13.4. The van der Waals surface area contributed by atoms with Gasteiger partial charge in [0, 0.05) is 10.5 Å². The number of rotatable bonds is 2. The minimum absolute atomic E-state index is 0.0136. The minimum Gasteiger partial charge on any atom is -0.594 e. The Balaban J connectivity index is 2.19. The Morgan fingerprint density at radius 3 is 2.41 bits per heavy atom. The first-order valence-electron chi connectivity index (χ1n) is 6.06. The third-order valence-electron chi connectivity index (χ3n) is 3.02. The van der Waals surface area contributed by atoms with Gasteiger partial charge in [-0.3, -0.25) is 0 Å². The maximum atomic E-state index is 12.6. The summed E-state index contributed by atoms with van der Waals surface area (Å²) in [6.45, 7) is 0. The second kappa shape index (κ2) is 5.18. The van der Waals surface area contributed by atoms with Gasteiger partial charge in [0.05, 0.1) is 14.9 Å². The molecule has 0 bridgehead atoms. The zero-order valence-electron chi connectivity index (χ0n) is 11.0. The molecule has 0 unspecified atom stereocenters. The van der Waals surface area contributed by atoms with Crippen LogP contribution < -0.4 is 10.6 Å². The number of aromatic nitrogens is 3. The van der Waals surface area contributed by atoms with Crippen LogP contribution >= 0.6 is 15.9 Å². The molecule has 0 aliphatic rings. The number of sulfone groups is 1. The van der Waals surface area contributed by atoms with Gasteiger partial charge in [-0.2, -0.15) is 0 Å². The van der Waals surface area contributed by atoms with Crippen molar-refractivity contribution in [3.05, 3.63) is 52.1 Å².